The number of hydrogen-bond donors (Lipinski definition) is 1. The quantitative estimate of drug-likeness (QED) is 0.577. The van der Waals surface area contributed by atoms with Crippen molar-refractivity contribution in [1.82, 2.24) is 16.1 Å². The lowest BCUT2D eigenvalue weighted by molar-refractivity contribution is 1.20. The van der Waals surface area contributed by atoms with Crippen molar-refractivity contribution in [1.29, 1.82) is 0 Å². The first-order valence-corrected chi connectivity index (χ1v) is 2.19. The molecule has 0 spiro atoms. The Hall–Kier alpha value is -0.670. The molecule has 1 aromatic rings. The van der Waals surface area contributed by atoms with Crippen molar-refractivity contribution in [2.24, 2.45) is 0 Å². The Labute approximate surface area is 52.3 Å². The Morgan fingerprint density at radius 1 is 1.38 bits per heavy atom. The van der Waals surface area contributed by atoms with Crippen molar-refractivity contribution >= 4 is 11.6 Å². The first-order chi connectivity index (χ1) is 3.39. The van der Waals surface area contributed by atoms with E-state index in [1.807, 2.05) is 0 Å². The maximum atomic E-state index is 5.37. The molecule has 0 atom stereocenters. The molecule has 0 bridgehead atoms. The van der Waals surface area contributed by atoms with E-state index in [0.29, 0.717) is 5.15 Å². The summed E-state index contributed by atoms with van der Waals surface area (Å²) in [5, 5.41) is 0.433. The average molecular weight is 132 g/mol. The fraction of sp³-hybridized carbons (Fsp3) is 0. The van der Waals surface area contributed by atoms with Crippen LogP contribution in [0.2, 0.25) is 5.15 Å². The molecular weight excluding hydrogens is 126 g/mol. The van der Waals surface area contributed by atoms with Crippen molar-refractivity contribution in [3.05, 3.63) is 23.7 Å². The van der Waals surface area contributed by atoms with Crippen LogP contribution >= 0.6 is 11.6 Å². The van der Waals surface area contributed by atoms with Gasteiger partial charge in [-0.15, -0.1) is 0 Å². The molecule has 0 saturated heterocycles. The zero-order valence-electron chi connectivity index (χ0n) is 4.21. The first kappa shape index (κ1) is 7.33. The van der Waals surface area contributed by atoms with Crippen molar-refractivity contribution in [2.75, 3.05) is 0 Å². The van der Waals surface area contributed by atoms with E-state index in [9.17, 15) is 0 Å². The summed E-state index contributed by atoms with van der Waals surface area (Å²) in [6, 6.07) is 0. The highest BCUT2D eigenvalue weighted by Crippen LogP contribution is 1.95. The van der Waals surface area contributed by atoms with Gasteiger partial charge in [-0.2, -0.15) is 0 Å². The number of rotatable bonds is 0. The van der Waals surface area contributed by atoms with Crippen LogP contribution in [0.1, 0.15) is 0 Å². The zero-order valence-corrected chi connectivity index (χ0v) is 4.97. The summed E-state index contributed by atoms with van der Waals surface area (Å²) >= 11 is 5.37. The summed E-state index contributed by atoms with van der Waals surface area (Å²) in [6.07, 6.45) is 4.61. The third-order valence-corrected chi connectivity index (χ3v) is 0.727. The topological polar surface area (TPSA) is 60.8 Å². The second kappa shape index (κ2) is 3.35. The van der Waals surface area contributed by atoms with Crippen LogP contribution in [0.3, 0.4) is 0 Å². The van der Waals surface area contributed by atoms with E-state index in [2.05, 4.69) is 9.97 Å². The summed E-state index contributed by atoms with van der Waals surface area (Å²) in [5.74, 6) is 0. The van der Waals surface area contributed by atoms with Crippen LogP contribution in [0.4, 0.5) is 0 Å². The van der Waals surface area contributed by atoms with Crippen LogP contribution < -0.4 is 6.15 Å². The van der Waals surface area contributed by atoms with Crippen LogP contribution in [-0.4, -0.2) is 9.97 Å². The molecule has 0 unspecified atom stereocenters. The van der Waals surface area contributed by atoms with Crippen LogP contribution in [-0.2, 0) is 0 Å². The highest BCUT2D eigenvalue weighted by Gasteiger charge is 1.77. The van der Waals surface area contributed by atoms with Gasteiger partial charge in [-0.05, 0) is 0 Å². The molecule has 1 aromatic heterocycles. The maximum absolute atomic E-state index is 5.37. The molecule has 1 heterocycles. The minimum absolute atomic E-state index is 0. The molecule has 0 aliphatic heterocycles. The Bertz CT molecular complexity index is 141. The van der Waals surface area contributed by atoms with E-state index in [-0.39, 0.29) is 6.15 Å². The normalized spacial score (nSPS) is 7.62. The standard InChI is InChI=1S/C4H3ClN2.H3N/c5-4-3-6-1-2-7-4;/h1-3H;1H3. The Balaban J connectivity index is 0.000000490. The molecule has 1 rings (SSSR count). The fourth-order valence-electron chi connectivity index (χ4n) is 0.281. The highest BCUT2D eigenvalue weighted by molar-refractivity contribution is 6.29. The summed E-state index contributed by atoms with van der Waals surface area (Å²) < 4.78 is 0. The number of nitrogens with zero attached hydrogens (tertiary/aromatic N) is 2. The van der Waals surface area contributed by atoms with Crippen molar-refractivity contribution in [3.8, 4) is 0 Å². The predicted molar refractivity (Wildman–Crippen MR) is 32.1 cm³/mol. The van der Waals surface area contributed by atoms with E-state index >= 15 is 0 Å². The van der Waals surface area contributed by atoms with Gasteiger partial charge in [0.25, 0.3) is 0 Å². The van der Waals surface area contributed by atoms with Crippen LogP contribution in [0.15, 0.2) is 18.6 Å². The van der Waals surface area contributed by atoms with Gasteiger partial charge < -0.3 is 6.15 Å². The van der Waals surface area contributed by atoms with E-state index in [0.717, 1.165) is 0 Å². The van der Waals surface area contributed by atoms with E-state index in [4.69, 9.17) is 11.6 Å². The van der Waals surface area contributed by atoms with Gasteiger partial charge in [0.2, 0.25) is 0 Å². The monoisotopic (exact) mass is 131 g/mol. The van der Waals surface area contributed by atoms with E-state index < -0.39 is 0 Å². The van der Waals surface area contributed by atoms with E-state index in [1.54, 1.807) is 12.4 Å². The Morgan fingerprint density at radius 3 is 2.38 bits per heavy atom. The highest BCUT2D eigenvalue weighted by atomic mass is 35.5. The van der Waals surface area contributed by atoms with Gasteiger partial charge in [0.15, 0.2) is 0 Å². The number of halogens is 1. The molecule has 0 radical (unpaired) electrons. The largest absolute Gasteiger partial charge is 0.344 e. The van der Waals surface area contributed by atoms with Gasteiger partial charge in [0.1, 0.15) is 5.15 Å². The minimum Gasteiger partial charge on any atom is -0.344 e. The Morgan fingerprint density at radius 2 is 2.12 bits per heavy atom. The fourth-order valence-corrected chi connectivity index (χ4v) is 0.394. The molecule has 3 N–H and O–H groups in total. The zero-order chi connectivity index (χ0) is 5.11. The predicted octanol–water partition coefficient (Wildman–Crippen LogP) is 1.29. The van der Waals surface area contributed by atoms with Crippen LogP contribution in [0.25, 0.3) is 0 Å². The van der Waals surface area contributed by atoms with E-state index in [1.165, 1.54) is 6.20 Å². The molecule has 0 saturated carbocycles. The smallest absolute Gasteiger partial charge is 0.147 e. The lowest BCUT2D eigenvalue weighted by Gasteiger charge is -1.79. The summed E-state index contributed by atoms with van der Waals surface area (Å²) in [4.78, 5) is 7.37. The van der Waals surface area contributed by atoms with Crippen molar-refractivity contribution < 1.29 is 0 Å². The number of hydrogen-bond acceptors (Lipinski definition) is 3. The molecule has 0 aliphatic rings. The molecule has 0 fully saturated rings. The van der Waals surface area contributed by atoms with Crippen molar-refractivity contribution in [3.63, 3.8) is 0 Å². The van der Waals surface area contributed by atoms with Crippen LogP contribution in [0.5, 0.6) is 0 Å². The number of aromatic nitrogens is 2. The third-order valence-electron chi connectivity index (χ3n) is 0.532. The third kappa shape index (κ3) is 1.86. The van der Waals surface area contributed by atoms with Gasteiger partial charge in [-0.1, -0.05) is 11.6 Å². The lowest BCUT2D eigenvalue weighted by atomic mass is 10.8. The van der Waals surface area contributed by atoms with Crippen LogP contribution in [0, 0.1) is 0 Å². The SMILES string of the molecule is Clc1cnccn1.N. The molecule has 0 aliphatic carbocycles. The maximum Gasteiger partial charge on any atom is 0.147 e. The van der Waals surface area contributed by atoms with Gasteiger partial charge in [-0.25, -0.2) is 4.98 Å². The summed E-state index contributed by atoms with van der Waals surface area (Å²) in [5.41, 5.74) is 0. The molecule has 44 valence electrons. The second-order valence-corrected chi connectivity index (χ2v) is 1.42. The molecule has 0 amide bonds. The molecule has 8 heavy (non-hydrogen) atoms. The van der Waals surface area contributed by atoms with Gasteiger partial charge in [-0.3, -0.25) is 4.98 Å². The molecular formula is C4H6ClN3. The molecule has 4 heteroatoms. The van der Waals surface area contributed by atoms with Gasteiger partial charge in [0, 0.05) is 12.4 Å². The van der Waals surface area contributed by atoms with Crippen molar-refractivity contribution in [2.45, 2.75) is 0 Å². The van der Waals surface area contributed by atoms with Gasteiger partial charge >= 0.3 is 0 Å². The average Bonchev–Trinajstić information content (AvgIpc) is 1.69. The first-order valence-electron chi connectivity index (χ1n) is 1.81. The molecule has 0 aromatic carbocycles. The minimum atomic E-state index is 0. The summed E-state index contributed by atoms with van der Waals surface area (Å²) in [7, 11) is 0. The second-order valence-electron chi connectivity index (χ2n) is 1.03. The summed E-state index contributed by atoms with van der Waals surface area (Å²) in [6.45, 7) is 0. The lowest BCUT2D eigenvalue weighted by Crippen LogP contribution is -1.71. The Kier molecular flexibility index (Phi) is 3.07. The molecule has 3 nitrogen and oxygen atoms in total. The van der Waals surface area contributed by atoms with Gasteiger partial charge in [0.05, 0.1) is 6.20 Å².